The molecule has 1 aliphatic rings. The second-order valence-corrected chi connectivity index (χ2v) is 9.48. The number of halogens is 1. The molecule has 37 heavy (non-hydrogen) atoms. The molecule has 1 saturated carbocycles. The van der Waals surface area contributed by atoms with E-state index in [4.69, 9.17) is 22.4 Å². The van der Waals surface area contributed by atoms with E-state index < -0.39 is 11.9 Å². The van der Waals surface area contributed by atoms with Gasteiger partial charge in [-0.25, -0.2) is 9.97 Å². The molecule has 0 radical (unpaired) electrons. The zero-order valence-corrected chi connectivity index (χ0v) is 20.7. The van der Waals surface area contributed by atoms with E-state index >= 15 is 0 Å². The lowest BCUT2D eigenvalue weighted by Crippen LogP contribution is -2.28. The molecule has 0 aliphatic heterocycles. The third-order valence-electron chi connectivity index (χ3n) is 6.24. The van der Waals surface area contributed by atoms with Gasteiger partial charge in [0.25, 0.3) is 5.91 Å². The number of hydrogen-bond donors (Lipinski definition) is 3. The number of hydrogen-bond acceptors (Lipinski definition) is 6. The van der Waals surface area contributed by atoms with Gasteiger partial charge in [-0.2, -0.15) is 0 Å². The predicted molar refractivity (Wildman–Crippen MR) is 139 cm³/mol. The molecule has 0 spiro atoms. The number of carbonyl (C=O) groups is 2. The van der Waals surface area contributed by atoms with Crippen LogP contribution in [0.3, 0.4) is 0 Å². The summed E-state index contributed by atoms with van der Waals surface area (Å²) in [6, 6.07) is 7.61. The van der Waals surface area contributed by atoms with Crippen molar-refractivity contribution < 1.29 is 14.7 Å². The standard InChI is InChI=1S/C26H26ClN7O3/c27-18-7-8-33-15-31-22(23(33)9-18)12-30-26(37)20(21(28)4-6-25(35)36)11-29-10-19-14-34-13-17(16-1-2-16)3-5-24(34)32-19/h3,5,7-9,11,13-16H,1-2,4,6,10,12,28H2,(H,30,37)(H,35,36). The van der Waals surface area contributed by atoms with E-state index in [1.54, 1.807) is 29.1 Å². The zero-order valence-electron chi connectivity index (χ0n) is 20.0. The number of fused-ring (bicyclic) bond motifs is 2. The number of aromatic nitrogens is 4. The number of carboxylic acids is 1. The molecule has 1 amide bonds. The Hall–Kier alpha value is -4.18. The first-order chi connectivity index (χ1) is 17.9. The lowest BCUT2D eigenvalue weighted by Gasteiger charge is -2.09. The summed E-state index contributed by atoms with van der Waals surface area (Å²) in [5, 5.41) is 12.4. The zero-order chi connectivity index (χ0) is 25.9. The second kappa shape index (κ2) is 10.4. The molecule has 5 rings (SSSR count). The number of nitrogens with zero attached hydrogens (tertiary/aromatic N) is 5. The van der Waals surface area contributed by atoms with Crippen LogP contribution in [-0.2, 0) is 22.7 Å². The average molecular weight is 520 g/mol. The molecule has 0 unspecified atom stereocenters. The Bertz CT molecular complexity index is 1550. The Labute approximate surface area is 217 Å². The van der Waals surface area contributed by atoms with Gasteiger partial charge in [-0.1, -0.05) is 17.7 Å². The second-order valence-electron chi connectivity index (χ2n) is 9.05. The fourth-order valence-corrected chi connectivity index (χ4v) is 4.26. The average Bonchev–Trinajstić information content (AvgIpc) is 3.53. The van der Waals surface area contributed by atoms with Gasteiger partial charge in [0.1, 0.15) is 5.65 Å². The van der Waals surface area contributed by atoms with Crippen LogP contribution in [0, 0.1) is 0 Å². The number of rotatable bonds is 10. The summed E-state index contributed by atoms with van der Waals surface area (Å²) in [5.41, 5.74) is 10.7. The van der Waals surface area contributed by atoms with Gasteiger partial charge in [-0.3, -0.25) is 14.6 Å². The Morgan fingerprint density at radius 1 is 1.22 bits per heavy atom. The first-order valence-corrected chi connectivity index (χ1v) is 12.3. The van der Waals surface area contributed by atoms with Crippen LogP contribution in [0.5, 0.6) is 0 Å². The highest BCUT2D eigenvalue weighted by atomic mass is 35.5. The summed E-state index contributed by atoms with van der Waals surface area (Å²) in [7, 11) is 0. The van der Waals surface area contributed by atoms with E-state index in [-0.39, 0.29) is 37.2 Å². The number of pyridine rings is 2. The van der Waals surface area contributed by atoms with Gasteiger partial charge in [-0.15, -0.1) is 0 Å². The first kappa shape index (κ1) is 24.5. The minimum atomic E-state index is -1.00. The lowest BCUT2D eigenvalue weighted by molar-refractivity contribution is -0.137. The molecule has 4 aromatic rings. The summed E-state index contributed by atoms with van der Waals surface area (Å²) in [4.78, 5) is 37.4. The van der Waals surface area contributed by atoms with Gasteiger partial charge in [0.15, 0.2) is 0 Å². The minimum absolute atomic E-state index is 0.0193. The summed E-state index contributed by atoms with van der Waals surface area (Å²) >= 11 is 6.10. The number of imidazole rings is 2. The van der Waals surface area contributed by atoms with E-state index in [2.05, 4.69) is 32.5 Å². The Balaban J connectivity index is 1.30. The Morgan fingerprint density at radius 2 is 2.05 bits per heavy atom. The Kier molecular flexibility index (Phi) is 6.91. The maximum Gasteiger partial charge on any atom is 0.303 e. The molecule has 4 heterocycles. The van der Waals surface area contributed by atoms with Crippen LogP contribution in [0.25, 0.3) is 11.2 Å². The van der Waals surface area contributed by atoms with E-state index in [1.165, 1.54) is 24.6 Å². The van der Waals surface area contributed by atoms with Gasteiger partial charge in [0.2, 0.25) is 0 Å². The number of carboxylic acid groups (broad SMARTS) is 1. The van der Waals surface area contributed by atoms with Crippen molar-refractivity contribution in [3.05, 3.63) is 82.4 Å². The monoisotopic (exact) mass is 519 g/mol. The molecule has 11 heteroatoms. The normalized spacial score (nSPS) is 14.4. The van der Waals surface area contributed by atoms with E-state index in [1.807, 2.05) is 16.7 Å². The fraction of sp³-hybridized carbons (Fsp3) is 0.269. The molecule has 4 aromatic heterocycles. The summed E-state index contributed by atoms with van der Waals surface area (Å²) in [6.07, 6.45) is 11.1. The van der Waals surface area contributed by atoms with E-state index in [0.29, 0.717) is 16.6 Å². The van der Waals surface area contributed by atoms with Gasteiger partial charge >= 0.3 is 5.97 Å². The largest absolute Gasteiger partial charge is 0.481 e. The number of nitrogens with two attached hydrogens (primary N) is 1. The van der Waals surface area contributed by atoms with Crippen molar-refractivity contribution in [2.45, 2.75) is 44.7 Å². The third-order valence-corrected chi connectivity index (χ3v) is 6.48. The van der Waals surface area contributed by atoms with Crippen molar-refractivity contribution in [1.29, 1.82) is 0 Å². The van der Waals surface area contributed by atoms with Gasteiger partial charge in [0.05, 0.1) is 48.3 Å². The van der Waals surface area contributed by atoms with Crippen LogP contribution in [0.2, 0.25) is 5.02 Å². The minimum Gasteiger partial charge on any atom is -0.481 e. The Morgan fingerprint density at radius 3 is 2.84 bits per heavy atom. The highest BCUT2D eigenvalue weighted by Gasteiger charge is 2.23. The molecule has 1 aliphatic carbocycles. The van der Waals surface area contributed by atoms with Crippen LogP contribution in [0.1, 0.15) is 48.6 Å². The number of allylic oxidation sites excluding steroid dienone is 1. The van der Waals surface area contributed by atoms with Crippen molar-refractivity contribution >= 4 is 40.9 Å². The van der Waals surface area contributed by atoms with Gasteiger partial charge < -0.3 is 25.0 Å². The number of nitrogens with one attached hydrogen (secondary N) is 1. The fourth-order valence-electron chi connectivity index (χ4n) is 4.10. The maximum absolute atomic E-state index is 13.0. The molecule has 190 valence electrons. The van der Waals surface area contributed by atoms with Crippen LogP contribution < -0.4 is 11.1 Å². The van der Waals surface area contributed by atoms with Crippen LogP contribution >= 0.6 is 11.6 Å². The maximum atomic E-state index is 13.0. The van der Waals surface area contributed by atoms with Crippen molar-refractivity contribution in [1.82, 2.24) is 24.1 Å². The molecule has 0 saturated heterocycles. The molecule has 1 fully saturated rings. The number of amides is 1. The molecule has 0 aromatic carbocycles. The highest BCUT2D eigenvalue weighted by molar-refractivity contribution is 6.30. The number of aliphatic imine (C=N–C) groups is 1. The van der Waals surface area contributed by atoms with Crippen LogP contribution in [0.15, 0.2) is 65.4 Å². The highest BCUT2D eigenvalue weighted by Crippen LogP contribution is 2.39. The van der Waals surface area contributed by atoms with Crippen LogP contribution in [-0.4, -0.2) is 42.0 Å². The summed E-state index contributed by atoms with van der Waals surface area (Å²) < 4.78 is 3.79. The van der Waals surface area contributed by atoms with E-state index in [0.717, 1.165) is 16.9 Å². The lowest BCUT2D eigenvalue weighted by atomic mass is 10.1. The molecular weight excluding hydrogens is 494 g/mol. The van der Waals surface area contributed by atoms with Crippen molar-refractivity contribution in [2.24, 2.45) is 10.7 Å². The number of carbonyl (C=O) groups excluding carboxylic acids is 1. The molecule has 0 atom stereocenters. The predicted octanol–water partition coefficient (Wildman–Crippen LogP) is 3.48. The molecule has 10 nitrogen and oxygen atoms in total. The van der Waals surface area contributed by atoms with Crippen molar-refractivity contribution in [2.75, 3.05) is 0 Å². The van der Waals surface area contributed by atoms with Crippen molar-refractivity contribution in [3.63, 3.8) is 0 Å². The topological polar surface area (TPSA) is 139 Å². The smallest absolute Gasteiger partial charge is 0.303 e. The first-order valence-electron chi connectivity index (χ1n) is 11.9. The summed E-state index contributed by atoms with van der Waals surface area (Å²) in [5.74, 6) is -0.833. The third kappa shape index (κ3) is 5.80. The van der Waals surface area contributed by atoms with Gasteiger partial charge in [0, 0.05) is 35.5 Å². The molecule has 4 N–H and O–H groups in total. The van der Waals surface area contributed by atoms with Crippen molar-refractivity contribution in [3.8, 4) is 0 Å². The molecule has 0 bridgehead atoms. The quantitative estimate of drug-likeness (QED) is 0.216. The molecular formula is C26H26ClN7O3. The van der Waals surface area contributed by atoms with E-state index in [9.17, 15) is 9.59 Å². The van der Waals surface area contributed by atoms with Crippen LogP contribution in [0.4, 0.5) is 0 Å². The van der Waals surface area contributed by atoms with Gasteiger partial charge in [-0.05, 0) is 48.9 Å². The SMILES string of the molecule is NC(CCC(=O)O)=C(C=NCc1cn2cc(C3CC3)ccc2n1)C(=O)NCc1ncn2ccc(Cl)cc12. The summed E-state index contributed by atoms with van der Waals surface area (Å²) in [6.45, 7) is 0.378. The number of aliphatic carboxylic acids is 1.